The Hall–Kier alpha value is -0.900. The largest absolute Gasteiger partial charge is 0.381 e. The lowest BCUT2D eigenvalue weighted by molar-refractivity contribution is -0.0265. The molecule has 0 bridgehead atoms. The summed E-state index contributed by atoms with van der Waals surface area (Å²) in [4.78, 5) is 4.35. The predicted molar refractivity (Wildman–Crippen MR) is 127 cm³/mol. The average Bonchev–Trinajstić information content (AvgIpc) is 3.27. The quantitative estimate of drug-likeness (QED) is 0.228. The SMILES string of the molecule is CN=C(NCCCOCC1CCOC1)NCC1CCCOC1c1ccccc1.I. The molecule has 3 rings (SSSR count). The van der Waals surface area contributed by atoms with E-state index in [-0.39, 0.29) is 30.1 Å². The van der Waals surface area contributed by atoms with E-state index in [0.717, 1.165) is 71.3 Å². The van der Waals surface area contributed by atoms with Crippen molar-refractivity contribution >= 4 is 29.9 Å². The van der Waals surface area contributed by atoms with E-state index in [1.807, 2.05) is 7.05 Å². The van der Waals surface area contributed by atoms with Crippen LogP contribution in [0.15, 0.2) is 35.3 Å². The molecule has 2 N–H and O–H groups in total. The minimum Gasteiger partial charge on any atom is -0.381 e. The molecule has 0 saturated carbocycles. The zero-order valence-electron chi connectivity index (χ0n) is 17.5. The number of nitrogens with one attached hydrogen (secondary N) is 2. The third-order valence-corrected chi connectivity index (χ3v) is 5.46. The Morgan fingerprint density at radius 2 is 2.03 bits per heavy atom. The molecule has 0 aromatic heterocycles. The molecule has 7 heteroatoms. The number of nitrogens with zero attached hydrogens (tertiary/aromatic N) is 1. The molecule has 1 aromatic rings. The van der Waals surface area contributed by atoms with E-state index in [4.69, 9.17) is 14.2 Å². The molecular weight excluding hydrogens is 481 g/mol. The van der Waals surface area contributed by atoms with Gasteiger partial charge in [0.2, 0.25) is 0 Å². The maximum Gasteiger partial charge on any atom is 0.190 e. The van der Waals surface area contributed by atoms with Crippen molar-refractivity contribution in [2.24, 2.45) is 16.8 Å². The highest BCUT2D eigenvalue weighted by Crippen LogP contribution is 2.32. The molecule has 0 spiro atoms. The molecule has 2 aliphatic rings. The van der Waals surface area contributed by atoms with Crippen LogP contribution in [0.2, 0.25) is 0 Å². The summed E-state index contributed by atoms with van der Waals surface area (Å²) in [5, 5.41) is 6.86. The van der Waals surface area contributed by atoms with Gasteiger partial charge >= 0.3 is 0 Å². The third kappa shape index (κ3) is 8.39. The molecule has 0 radical (unpaired) electrons. The molecule has 3 unspecified atom stereocenters. The number of rotatable bonds is 9. The van der Waals surface area contributed by atoms with Crippen LogP contribution < -0.4 is 10.6 Å². The van der Waals surface area contributed by atoms with Gasteiger partial charge in [0.25, 0.3) is 0 Å². The van der Waals surface area contributed by atoms with Crippen LogP contribution in [-0.2, 0) is 14.2 Å². The smallest absolute Gasteiger partial charge is 0.190 e. The van der Waals surface area contributed by atoms with Gasteiger partial charge in [-0.2, -0.15) is 0 Å². The lowest BCUT2D eigenvalue weighted by atomic mass is 9.89. The zero-order chi connectivity index (χ0) is 19.4. The maximum absolute atomic E-state index is 6.08. The van der Waals surface area contributed by atoms with Gasteiger partial charge in [0.05, 0.1) is 19.3 Å². The molecular formula is C22H36IN3O3. The van der Waals surface area contributed by atoms with E-state index in [9.17, 15) is 0 Å². The van der Waals surface area contributed by atoms with E-state index in [0.29, 0.717) is 11.8 Å². The highest BCUT2D eigenvalue weighted by Gasteiger charge is 2.27. The second-order valence-electron chi connectivity index (χ2n) is 7.64. The first-order chi connectivity index (χ1) is 13.9. The number of hydrogen-bond acceptors (Lipinski definition) is 4. The summed E-state index contributed by atoms with van der Waals surface area (Å²) >= 11 is 0. The molecule has 164 valence electrons. The minimum absolute atomic E-state index is 0. The van der Waals surface area contributed by atoms with Crippen molar-refractivity contribution in [1.82, 2.24) is 10.6 Å². The lowest BCUT2D eigenvalue weighted by Gasteiger charge is -2.32. The summed E-state index contributed by atoms with van der Waals surface area (Å²) in [6.45, 7) is 5.87. The Bertz CT molecular complexity index is 582. The first-order valence-electron chi connectivity index (χ1n) is 10.6. The Morgan fingerprint density at radius 1 is 1.17 bits per heavy atom. The molecule has 3 atom stereocenters. The summed E-state index contributed by atoms with van der Waals surface area (Å²) < 4.78 is 17.2. The van der Waals surface area contributed by atoms with Gasteiger partial charge in [-0.1, -0.05) is 30.3 Å². The van der Waals surface area contributed by atoms with Gasteiger partial charge < -0.3 is 24.8 Å². The molecule has 2 fully saturated rings. The highest BCUT2D eigenvalue weighted by atomic mass is 127. The van der Waals surface area contributed by atoms with E-state index in [1.54, 1.807) is 0 Å². The number of ether oxygens (including phenoxy) is 3. The first-order valence-corrected chi connectivity index (χ1v) is 10.6. The average molecular weight is 517 g/mol. The molecule has 2 aliphatic heterocycles. The molecule has 6 nitrogen and oxygen atoms in total. The molecule has 0 amide bonds. The van der Waals surface area contributed by atoms with Crippen molar-refractivity contribution in [3.63, 3.8) is 0 Å². The summed E-state index contributed by atoms with van der Waals surface area (Å²) in [6.07, 6.45) is 4.54. The topological polar surface area (TPSA) is 64.1 Å². The van der Waals surface area contributed by atoms with Crippen LogP contribution in [0.5, 0.6) is 0 Å². The fraction of sp³-hybridized carbons (Fsp3) is 0.682. The molecule has 0 aliphatic carbocycles. The van der Waals surface area contributed by atoms with Crippen LogP contribution in [0.25, 0.3) is 0 Å². The predicted octanol–water partition coefficient (Wildman–Crippen LogP) is 3.38. The summed E-state index contributed by atoms with van der Waals surface area (Å²) in [6, 6.07) is 10.5. The third-order valence-electron chi connectivity index (χ3n) is 5.46. The number of hydrogen-bond donors (Lipinski definition) is 2. The Morgan fingerprint density at radius 3 is 2.79 bits per heavy atom. The van der Waals surface area contributed by atoms with Crippen LogP contribution in [0.1, 0.15) is 37.4 Å². The zero-order valence-corrected chi connectivity index (χ0v) is 19.8. The Kier molecular flexibility index (Phi) is 11.9. The van der Waals surface area contributed by atoms with Crippen molar-refractivity contribution in [3.05, 3.63) is 35.9 Å². The van der Waals surface area contributed by atoms with Crippen LogP contribution in [0, 0.1) is 11.8 Å². The van der Waals surface area contributed by atoms with Gasteiger partial charge in [-0.25, -0.2) is 0 Å². The first kappa shape index (κ1) is 24.4. The summed E-state index contributed by atoms with van der Waals surface area (Å²) in [5.74, 6) is 1.88. The van der Waals surface area contributed by atoms with Crippen molar-refractivity contribution in [2.45, 2.75) is 31.8 Å². The minimum atomic E-state index is 0. The summed E-state index contributed by atoms with van der Waals surface area (Å²) in [7, 11) is 1.82. The fourth-order valence-corrected chi connectivity index (χ4v) is 3.86. The lowest BCUT2D eigenvalue weighted by Crippen LogP contribution is -2.42. The van der Waals surface area contributed by atoms with Gasteiger partial charge in [0.15, 0.2) is 5.96 Å². The highest BCUT2D eigenvalue weighted by molar-refractivity contribution is 14.0. The van der Waals surface area contributed by atoms with Crippen molar-refractivity contribution in [1.29, 1.82) is 0 Å². The molecule has 2 heterocycles. The van der Waals surface area contributed by atoms with Gasteiger partial charge in [-0.05, 0) is 31.2 Å². The van der Waals surface area contributed by atoms with Crippen LogP contribution in [0.4, 0.5) is 0 Å². The van der Waals surface area contributed by atoms with Crippen molar-refractivity contribution < 1.29 is 14.2 Å². The number of halogens is 1. The van der Waals surface area contributed by atoms with E-state index in [1.165, 1.54) is 12.0 Å². The van der Waals surface area contributed by atoms with Crippen molar-refractivity contribution in [3.8, 4) is 0 Å². The molecule has 1 aromatic carbocycles. The normalized spacial score (nSPS) is 24.7. The van der Waals surface area contributed by atoms with Crippen molar-refractivity contribution in [2.75, 3.05) is 53.2 Å². The second kappa shape index (κ2) is 14.2. The Balaban J connectivity index is 0.00000300. The van der Waals surface area contributed by atoms with Gasteiger partial charge in [-0.3, -0.25) is 4.99 Å². The number of benzene rings is 1. The van der Waals surface area contributed by atoms with E-state index in [2.05, 4.69) is 46.0 Å². The van der Waals surface area contributed by atoms with Gasteiger partial charge in [0, 0.05) is 51.8 Å². The number of guanidine groups is 1. The van der Waals surface area contributed by atoms with Crippen LogP contribution in [-0.4, -0.2) is 59.1 Å². The van der Waals surface area contributed by atoms with E-state index < -0.39 is 0 Å². The second-order valence-corrected chi connectivity index (χ2v) is 7.64. The van der Waals surface area contributed by atoms with Crippen LogP contribution in [0.3, 0.4) is 0 Å². The monoisotopic (exact) mass is 517 g/mol. The molecule has 2 saturated heterocycles. The molecule has 29 heavy (non-hydrogen) atoms. The summed E-state index contributed by atoms with van der Waals surface area (Å²) in [5.41, 5.74) is 1.27. The fourth-order valence-electron chi connectivity index (χ4n) is 3.86. The maximum atomic E-state index is 6.08. The number of aliphatic imine (C=N–C) groups is 1. The van der Waals surface area contributed by atoms with Crippen LogP contribution >= 0.6 is 24.0 Å². The van der Waals surface area contributed by atoms with E-state index >= 15 is 0 Å². The standard InChI is InChI=1S/C22H35N3O3.HI/c1-23-22(24-11-6-12-26-16-18-10-14-27-17-18)25-15-20-9-5-13-28-21(20)19-7-3-2-4-8-19;/h2-4,7-8,18,20-21H,5-6,9-17H2,1H3,(H2,23,24,25);1H. The van der Waals surface area contributed by atoms with Gasteiger partial charge in [0.1, 0.15) is 0 Å². The Labute approximate surface area is 192 Å². The van der Waals surface area contributed by atoms with Gasteiger partial charge in [-0.15, -0.1) is 24.0 Å².